The van der Waals surface area contributed by atoms with Gasteiger partial charge in [0, 0.05) is 19.4 Å². The number of rotatable bonds is 4. The molecule has 2 saturated carbocycles. The zero-order valence-corrected chi connectivity index (χ0v) is 18.1. The Balaban J connectivity index is 1.60. The van der Waals surface area contributed by atoms with Gasteiger partial charge in [-0.15, -0.1) is 0 Å². The fraction of sp³-hybridized carbons (Fsp3) is 0.538. The molecule has 0 heterocycles. The SMILES string of the molecule is COC[C@]1(O)CC[C@H]2[C@@H]3CCC4=CC(=O)CCC4=C3C(c3ccc(/C=N\O)cc3)C[C@@H]21. The molecule has 0 bridgehead atoms. The van der Waals surface area contributed by atoms with E-state index in [1.54, 1.807) is 7.11 Å². The van der Waals surface area contributed by atoms with Crippen molar-refractivity contribution in [3.05, 3.63) is 58.2 Å². The summed E-state index contributed by atoms with van der Waals surface area (Å²) < 4.78 is 5.45. The van der Waals surface area contributed by atoms with Gasteiger partial charge in [-0.25, -0.2) is 0 Å². The molecule has 0 saturated heterocycles. The van der Waals surface area contributed by atoms with Gasteiger partial charge in [-0.3, -0.25) is 4.79 Å². The first kappa shape index (κ1) is 20.7. The molecule has 31 heavy (non-hydrogen) atoms. The third-order valence-corrected chi connectivity index (χ3v) is 8.26. The summed E-state index contributed by atoms with van der Waals surface area (Å²) in [7, 11) is 1.68. The lowest BCUT2D eigenvalue weighted by molar-refractivity contribution is -0.114. The number of oxime groups is 1. The van der Waals surface area contributed by atoms with Gasteiger partial charge >= 0.3 is 0 Å². The quantitative estimate of drug-likeness (QED) is 0.430. The fourth-order valence-electron chi connectivity index (χ4n) is 7.00. The summed E-state index contributed by atoms with van der Waals surface area (Å²) in [6.45, 7) is 0.394. The van der Waals surface area contributed by atoms with Gasteiger partial charge in [-0.1, -0.05) is 35.0 Å². The molecule has 5 atom stereocenters. The smallest absolute Gasteiger partial charge is 0.156 e. The summed E-state index contributed by atoms with van der Waals surface area (Å²) in [5, 5.41) is 23.5. The first-order valence-corrected chi connectivity index (χ1v) is 11.5. The third-order valence-electron chi connectivity index (χ3n) is 8.26. The summed E-state index contributed by atoms with van der Waals surface area (Å²) >= 11 is 0. The van der Waals surface area contributed by atoms with E-state index in [2.05, 4.69) is 17.3 Å². The minimum Gasteiger partial charge on any atom is -0.411 e. The molecule has 4 aliphatic rings. The van der Waals surface area contributed by atoms with Gasteiger partial charge in [0.15, 0.2) is 5.78 Å². The lowest BCUT2D eigenvalue weighted by atomic mass is 9.57. The van der Waals surface area contributed by atoms with E-state index in [4.69, 9.17) is 9.94 Å². The molecule has 1 aromatic carbocycles. The summed E-state index contributed by atoms with van der Waals surface area (Å²) in [6.07, 6.45) is 9.58. The molecule has 5 nitrogen and oxygen atoms in total. The standard InChI is InChI=1S/C26H31NO4/c1-31-15-26(29)11-10-21-22-8-6-18-12-19(28)7-9-20(18)25(22)23(13-24(21)26)17-4-2-16(3-5-17)14-27-30/h2-5,12,14,21-24,29-30H,6-11,13,15H2,1H3/b27-14-/t21-,22-,23?,24-,26+/m0/s1. The molecule has 2 N–H and O–H groups in total. The molecule has 0 amide bonds. The molecular formula is C26H31NO4. The van der Waals surface area contributed by atoms with Gasteiger partial charge in [-0.2, -0.15) is 0 Å². The van der Waals surface area contributed by atoms with Crippen LogP contribution in [0.4, 0.5) is 0 Å². The van der Waals surface area contributed by atoms with E-state index in [0.717, 1.165) is 44.1 Å². The van der Waals surface area contributed by atoms with Crippen molar-refractivity contribution in [2.24, 2.45) is 22.9 Å². The fourth-order valence-corrected chi connectivity index (χ4v) is 7.00. The number of aliphatic hydroxyl groups is 1. The predicted octanol–water partition coefficient (Wildman–Crippen LogP) is 4.38. The summed E-state index contributed by atoms with van der Waals surface area (Å²) in [4.78, 5) is 12.1. The number of allylic oxidation sites excluding steroid dienone is 4. The molecule has 0 spiro atoms. The molecule has 0 radical (unpaired) electrons. The van der Waals surface area contributed by atoms with E-state index in [-0.39, 0.29) is 17.6 Å². The second-order valence-electron chi connectivity index (χ2n) is 9.76. The predicted molar refractivity (Wildman–Crippen MR) is 118 cm³/mol. The van der Waals surface area contributed by atoms with Gasteiger partial charge in [0.2, 0.25) is 0 Å². The van der Waals surface area contributed by atoms with Crippen molar-refractivity contribution in [1.82, 2.24) is 0 Å². The molecular weight excluding hydrogens is 390 g/mol. The second-order valence-corrected chi connectivity index (χ2v) is 9.76. The average Bonchev–Trinajstić information content (AvgIpc) is 3.10. The van der Waals surface area contributed by atoms with Crippen LogP contribution in [-0.2, 0) is 9.53 Å². The monoisotopic (exact) mass is 421 g/mol. The van der Waals surface area contributed by atoms with Crippen LogP contribution in [0.25, 0.3) is 0 Å². The van der Waals surface area contributed by atoms with Gasteiger partial charge in [0.25, 0.3) is 0 Å². The minimum absolute atomic E-state index is 0.223. The van der Waals surface area contributed by atoms with Crippen LogP contribution >= 0.6 is 0 Å². The van der Waals surface area contributed by atoms with Crippen LogP contribution in [0.15, 0.2) is 52.2 Å². The Morgan fingerprint density at radius 3 is 2.74 bits per heavy atom. The molecule has 1 unspecified atom stereocenters. The molecule has 0 aliphatic heterocycles. The Bertz CT molecular complexity index is 960. The first-order chi connectivity index (χ1) is 15.0. The number of hydrogen-bond donors (Lipinski definition) is 2. The van der Waals surface area contributed by atoms with Crippen LogP contribution < -0.4 is 0 Å². The van der Waals surface area contributed by atoms with Gasteiger partial charge < -0.3 is 15.1 Å². The van der Waals surface area contributed by atoms with Crippen LogP contribution in [0.3, 0.4) is 0 Å². The second kappa shape index (κ2) is 8.03. The van der Waals surface area contributed by atoms with Crippen molar-refractivity contribution < 1.29 is 19.8 Å². The van der Waals surface area contributed by atoms with Crippen molar-refractivity contribution in [2.45, 2.75) is 56.5 Å². The Morgan fingerprint density at radius 1 is 1.19 bits per heavy atom. The van der Waals surface area contributed by atoms with Crippen molar-refractivity contribution in [2.75, 3.05) is 13.7 Å². The Kier molecular flexibility index (Phi) is 5.35. The number of methoxy groups -OCH3 is 1. The average molecular weight is 422 g/mol. The van der Waals surface area contributed by atoms with E-state index in [1.165, 1.54) is 28.5 Å². The number of fused-ring (bicyclic) bond motifs is 4. The molecule has 0 aromatic heterocycles. The molecule has 1 aromatic rings. The number of ketones is 1. The summed E-state index contributed by atoms with van der Waals surface area (Å²) in [5.74, 6) is 1.67. The number of carbonyl (C=O) groups excluding carboxylic acids is 1. The highest BCUT2D eigenvalue weighted by Crippen LogP contribution is 2.61. The van der Waals surface area contributed by atoms with Crippen LogP contribution in [0, 0.1) is 17.8 Å². The van der Waals surface area contributed by atoms with Gasteiger partial charge in [0.1, 0.15) is 0 Å². The normalized spacial score (nSPS) is 35.0. The lowest BCUT2D eigenvalue weighted by Gasteiger charge is -2.48. The van der Waals surface area contributed by atoms with E-state index in [9.17, 15) is 9.90 Å². The van der Waals surface area contributed by atoms with E-state index >= 15 is 0 Å². The molecule has 5 rings (SSSR count). The number of benzene rings is 1. The minimum atomic E-state index is -0.754. The first-order valence-electron chi connectivity index (χ1n) is 11.5. The highest BCUT2D eigenvalue weighted by Gasteiger charge is 2.55. The Morgan fingerprint density at radius 2 is 2.00 bits per heavy atom. The van der Waals surface area contributed by atoms with Crippen molar-refractivity contribution >= 4 is 12.0 Å². The van der Waals surface area contributed by atoms with E-state index in [0.29, 0.717) is 24.9 Å². The van der Waals surface area contributed by atoms with Crippen LogP contribution in [0.5, 0.6) is 0 Å². The largest absolute Gasteiger partial charge is 0.411 e. The van der Waals surface area contributed by atoms with Gasteiger partial charge in [-0.05, 0) is 84.6 Å². The zero-order valence-electron chi connectivity index (χ0n) is 18.1. The summed E-state index contributed by atoms with van der Waals surface area (Å²) in [6, 6.07) is 8.23. The molecule has 4 aliphatic carbocycles. The summed E-state index contributed by atoms with van der Waals surface area (Å²) in [5.41, 5.74) is 5.54. The number of carbonyl (C=O) groups is 1. The van der Waals surface area contributed by atoms with Crippen molar-refractivity contribution in [3.63, 3.8) is 0 Å². The number of ether oxygens (including phenoxy) is 1. The molecule has 164 valence electrons. The Hall–Kier alpha value is -2.24. The van der Waals surface area contributed by atoms with Crippen LogP contribution in [-0.4, -0.2) is 41.6 Å². The van der Waals surface area contributed by atoms with Crippen molar-refractivity contribution in [3.8, 4) is 0 Å². The maximum atomic E-state index is 12.1. The zero-order chi connectivity index (χ0) is 21.6. The molecule has 2 fully saturated rings. The highest BCUT2D eigenvalue weighted by molar-refractivity contribution is 5.93. The van der Waals surface area contributed by atoms with Gasteiger partial charge in [0.05, 0.1) is 18.4 Å². The maximum Gasteiger partial charge on any atom is 0.156 e. The lowest BCUT2D eigenvalue weighted by Crippen LogP contribution is -2.45. The number of nitrogens with zero attached hydrogens (tertiary/aromatic N) is 1. The third kappa shape index (κ3) is 3.48. The van der Waals surface area contributed by atoms with E-state index < -0.39 is 5.60 Å². The maximum absolute atomic E-state index is 12.1. The molecule has 5 heteroatoms. The van der Waals surface area contributed by atoms with Crippen LogP contribution in [0.1, 0.15) is 62.0 Å². The number of hydrogen-bond acceptors (Lipinski definition) is 5. The topological polar surface area (TPSA) is 79.1 Å². The van der Waals surface area contributed by atoms with Crippen molar-refractivity contribution in [1.29, 1.82) is 0 Å². The highest BCUT2D eigenvalue weighted by atomic mass is 16.5. The Labute approximate surface area is 183 Å². The van der Waals surface area contributed by atoms with E-state index in [1.807, 2.05) is 18.2 Å². The van der Waals surface area contributed by atoms with Crippen LogP contribution in [0.2, 0.25) is 0 Å².